The van der Waals surface area contributed by atoms with E-state index in [0.717, 1.165) is 57.5 Å². The molecule has 2 N–H and O–H groups in total. The van der Waals surface area contributed by atoms with E-state index in [9.17, 15) is 0 Å². The lowest BCUT2D eigenvalue weighted by Gasteiger charge is -2.28. The number of nitrogens with zero attached hydrogens (tertiary/aromatic N) is 2. The topological polar surface area (TPSA) is 62.0 Å². The summed E-state index contributed by atoms with van der Waals surface area (Å²) in [4.78, 5) is 7.51. The van der Waals surface area contributed by atoms with Crippen molar-refractivity contribution in [2.45, 2.75) is 57.9 Å². The SMILES string of the molecule is CCNC(=NCC1(CCOC)CCCC1)NCC(c1ccco1)N1CCCC1. The number of nitrogens with one attached hydrogen (secondary N) is 2. The fourth-order valence-electron chi connectivity index (χ4n) is 4.66. The van der Waals surface area contributed by atoms with Gasteiger partial charge in [0.2, 0.25) is 0 Å². The van der Waals surface area contributed by atoms with Crippen LogP contribution in [0.5, 0.6) is 0 Å². The molecule has 1 saturated carbocycles. The van der Waals surface area contributed by atoms with Crippen LogP contribution in [0.15, 0.2) is 27.8 Å². The first-order valence-electron chi connectivity index (χ1n) is 11.0. The highest BCUT2D eigenvalue weighted by Crippen LogP contribution is 2.41. The van der Waals surface area contributed by atoms with E-state index in [-0.39, 0.29) is 6.04 Å². The number of ether oxygens (including phenoxy) is 1. The zero-order valence-corrected chi connectivity index (χ0v) is 17.7. The smallest absolute Gasteiger partial charge is 0.191 e. The van der Waals surface area contributed by atoms with Gasteiger partial charge in [-0.05, 0) is 69.7 Å². The average molecular weight is 391 g/mol. The van der Waals surface area contributed by atoms with Crippen molar-refractivity contribution < 1.29 is 9.15 Å². The molecule has 0 amide bonds. The number of hydrogen-bond acceptors (Lipinski definition) is 4. The molecule has 0 radical (unpaired) electrons. The lowest BCUT2D eigenvalue weighted by Crippen LogP contribution is -2.43. The summed E-state index contributed by atoms with van der Waals surface area (Å²) >= 11 is 0. The van der Waals surface area contributed by atoms with E-state index in [1.54, 1.807) is 13.4 Å². The van der Waals surface area contributed by atoms with Crippen LogP contribution in [0.4, 0.5) is 0 Å². The van der Waals surface area contributed by atoms with Gasteiger partial charge in [0.1, 0.15) is 5.76 Å². The van der Waals surface area contributed by atoms with Crippen LogP contribution in [0.1, 0.15) is 63.7 Å². The summed E-state index contributed by atoms with van der Waals surface area (Å²) in [5, 5.41) is 7.02. The summed E-state index contributed by atoms with van der Waals surface area (Å²) in [6.45, 7) is 7.78. The first-order chi connectivity index (χ1) is 13.8. The molecule has 2 heterocycles. The predicted molar refractivity (Wildman–Crippen MR) is 114 cm³/mol. The third kappa shape index (κ3) is 5.74. The summed E-state index contributed by atoms with van der Waals surface area (Å²) in [5.41, 5.74) is 0.313. The standard InChI is InChI=1S/C22H38N4O2/c1-3-23-21(25-18-22(12-16-27-2)10-4-5-11-22)24-17-19(20-9-8-15-28-20)26-13-6-7-14-26/h8-9,15,19H,3-7,10-14,16-18H2,1-2H3,(H2,23,24,25). The highest BCUT2D eigenvalue weighted by molar-refractivity contribution is 5.79. The Labute approximate surface area is 170 Å². The van der Waals surface area contributed by atoms with Crippen molar-refractivity contribution in [1.82, 2.24) is 15.5 Å². The minimum atomic E-state index is 0.260. The number of aliphatic imine (C=N–C) groups is 1. The van der Waals surface area contributed by atoms with Crippen molar-refractivity contribution in [3.63, 3.8) is 0 Å². The van der Waals surface area contributed by atoms with Crippen molar-refractivity contribution in [2.24, 2.45) is 10.4 Å². The van der Waals surface area contributed by atoms with Gasteiger partial charge in [0.25, 0.3) is 0 Å². The molecule has 3 rings (SSSR count). The molecule has 0 spiro atoms. The number of likely N-dealkylation sites (tertiary alicyclic amines) is 1. The highest BCUT2D eigenvalue weighted by Gasteiger charge is 2.33. The molecule has 0 aromatic carbocycles. The minimum absolute atomic E-state index is 0.260. The minimum Gasteiger partial charge on any atom is -0.468 e. The molecule has 1 unspecified atom stereocenters. The Morgan fingerprint density at radius 1 is 1.25 bits per heavy atom. The zero-order chi connectivity index (χ0) is 19.7. The molecule has 1 aromatic rings. The van der Waals surface area contributed by atoms with Crippen molar-refractivity contribution in [1.29, 1.82) is 0 Å². The largest absolute Gasteiger partial charge is 0.468 e. The first-order valence-corrected chi connectivity index (χ1v) is 11.0. The van der Waals surface area contributed by atoms with Gasteiger partial charge in [-0.15, -0.1) is 0 Å². The first kappa shape index (κ1) is 21.2. The summed E-state index contributed by atoms with van der Waals surface area (Å²) in [6, 6.07) is 4.33. The fraction of sp³-hybridized carbons (Fsp3) is 0.773. The van der Waals surface area contributed by atoms with Crippen LogP contribution in [0.2, 0.25) is 0 Å². The van der Waals surface area contributed by atoms with E-state index < -0.39 is 0 Å². The van der Waals surface area contributed by atoms with Crippen molar-refractivity contribution in [3.05, 3.63) is 24.2 Å². The van der Waals surface area contributed by atoms with Crippen LogP contribution in [0.25, 0.3) is 0 Å². The molecule has 1 aromatic heterocycles. The van der Waals surface area contributed by atoms with E-state index in [0.29, 0.717) is 5.41 Å². The van der Waals surface area contributed by atoms with Gasteiger partial charge in [0.15, 0.2) is 5.96 Å². The lowest BCUT2D eigenvalue weighted by atomic mass is 9.83. The van der Waals surface area contributed by atoms with Gasteiger partial charge in [0.05, 0.1) is 12.3 Å². The van der Waals surface area contributed by atoms with Crippen LogP contribution in [-0.2, 0) is 4.74 Å². The molecular formula is C22H38N4O2. The Morgan fingerprint density at radius 2 is 2.04 bits per heavy atom. The Balaban J connectivity index is 1.63. The molecular weight excluding hydrogens is 352 g/mol. The lowest BCUT2D eigenvalue weighted by molar-refractivity contribution is 0.141. The van der Waals surface area contributed by atoms with E-state index in [4.69, 9.17) is 14.1 Å². The molecule has 6 nitrogen and oxygen atoms in total. The normalized spacial score (nSPS) is 21.1. The van der Waals surface area contributed by atoms with Crippen LogP contribution in [0, 0.1) is 5.41 Å². The maximum Gasteiger partial charge on any atom is 0.191 e. The Morgan fingerprint density at radius 3 is 2.68 bits per heavy atom. The monoisotopic (exact) mass is 390 g/mol. The molecule has 1 aliphatic carbocycles. The highest BCUT2D eigenvalue weighted by atomic mass is 16.5. The second-order valence-electron chi connectivity index (χ2n) is 8.30. The van der Waals surface area contributed by atoms with Gasteiger partial charge in [-0.3, -0.25) is 9.89 Å². The van der Waals surface area contributed by atoms with Crippen LogP contribution in [0.3, 0.4) is 0 Å². The summed E-state index contributed by atoms with van der Waals surface area (Å²) in [5.74, 6) is 1.96. The van der Waals surface area contributed by atoms with Gasteiger partial charge in [-0.25, -0.2) is 0 Å². The Hall–Kier alpha value is -1.53. The fourth-order valence-corrected chi connectivity index (χ4v) is 4.66. The van der Waals surface area contributed by atoms with Crippen molar-refractivity contribution in [3.8, 4) is 0 Å². The van der Waals surface area contributed by atoms with E-state index in [2.05, 4.69) is 28.5 Å². The molecule has 158 valence electrons. The third-order valence-corrected chi connectivity index (χ3v) is 6.33. The Kier molecular flexibility index (Phi) is 8.22. The quantitative estimate of drug-likeness (QED) is 0.472. The van der Waals surface area contributed by atoms with Gasteiger partial charge in [-0.1, -0.05) is 12.8 Å². The molecule has 1 saturated heterocycles. The molecule has 6 heteroatoms. The third-order valence-electron chi connectivity index (χ3n) is 6.33. The Bertz CT molecular complexity index is 575. The number of rotatable bonds is 10. The molecule has 1 aliphatic heterocycles. The van der Waals surface area contributed by atoms with Gasteiger partial charge < -0.3 is 19.8 Å². The average Bonchev–Trinajstić information content (AvgIpc) is 3.48. The molecule has 1 atom stereocenters. The zero-order valence-electron chi connectivity index (χ0n) is 17.7. The second kappa shape index (κ2) is 10.9. The van der Waals surface area contributed by atoms with E-state index >= 15 is 0 Å². The number of methoxy groups -OCH3 is 1. The molecule has 2 fully saturated rings. The predicted octanol–water partition coefficient (Wildman–Crippen LogP) is 3.57. The second-order valence-corrected chi connectivity index (χ2v) is 8.30. The molecule has 0 bridgehead atoms. The maximum absolute atomic E-state index is 5.75. The summed E-state index contributed by atoms with van der Waals surface area (Å²) in [7, 11) is 1.80. The number of guanidine groups is 1. The summed E-state index contributed by atoms with van der Waals surface area (Å²) < 4.78 is 11.1. The van der Waals surface area contributed by atoms with E-state index in [1.165, 1.54) is 38.5 Å². The van der Waals surface area contributed by atoms with Gasteiger partial charge in [-0.2, -0.15) is 0 Å². The molecule has 2 aliphatic rings. The van der Waals surface area contributed by atoms with Crippen molar-refractivity contribution >= 4 is 5.96 Å². The van der Waals surface area contributed by atoms with Crippen LogP contribution < -0.4 is 10.6 Å². The number of furan rings is 1. The number of hydrogen-bond donors (Lipinski definition) is 2. The van der Waals surface area contributed by atoms with Crippen molar-refractivity contribution in [2.75, 3.05) is 46.4 Å². The van der Waals surface area contributed by atoms with Gasteiger partial charge >= 0.3 is 0 Å². The summed E-state index contributed by atoms with van der Waals surface area (Å²) in [6.07, 6.45) is 10.6. The van der Waals surface area contributed by atoms with E-state index in [1.807, 2.05) is 6.07 Å². The maximum atomic E-state index is 5.75. The van der Waals surface area contributed by atoms with Crippen LogP contribution >= 0.6 is 0 Å². The van der Waals surface area contributed by atoms with Gasteiger partial charge in [0, 0.05) is 33.4 Å². The molecule has 28 heavy (non-hydrogen) atoms. The van der Waals surface area contributed by atoms with Crippen LogP contribution in [-0.4, -0.2) is 57.3 Å².